The smallest absolute Gasteiger partial charge is 0.258 e. The minimum atomic E-state index is -0.747. The van der Waals surface area contributed by atoms with Gasteiger partial charge < -0.3 is 9.64 Å². The van der Waals surface area contributed by atoms with Crippen LogP contribution in [0.15, 0.2) is 41.3 Å². The molecular weight excluding hydrogens is 541 g/mol. The van der Waals surface area contributed by atoms with Crippen LogP contribution in [0.3, 0.4) is 0 Å². The molecule has 2 aromatic rings. The number of carbonyl (C=O) groups excluding carboxylic acids is 1. The van der Waals surface area contributed by atoms with Crippen molar-refractivity contribution in [2.45, 2.75) is 37.6 Å². The van der Waals surface area contributed by atoms with Crippen LogP contribution in [0.2, 0.25) is 0 Å². The first-order valence-corrected chi connectivity index (χ1v) is 12.6. The Morgan fingerprint density at radius 1 is 1.23 bits per heavy atom. The third-order valence-corrected chi connectivity index (χ3v) is 7.93. The SMILES string of the molecule is CSc1ccc(OCCCN2C(=S)N(c3ccc(C#N)c(I)c3C)C(=O)C2(C)C)cc1. The number of rotatable bonds is 7. The molecule has 1 aliphatic heterocycles. The van der Waals surface area contributed by atoms with Gasteiger partial charge in [-0.1, -0.05) is 0 Å². The van der Waals surface area contributed by atoms with Crippen LogP contribution >= 0.6 is 46.6 Å². The van der Waals surface area contributed by atoms with Crippen molar-refractivity contribution < 1.29 is 9.53 Å². The molecule has 1 saturated heterocycles. The molecule has 1 aliphatic rings. The molecule has 0 N–H and O–H groups in total. The quantitative estimate of drug-likeness (QED) is 0.195. The fraction of sp³-hybridized carbons (Fsp3) is 0.348. The lowest BCUT2D eigenvalue weighted by Gasteiger charge is -2.29. The number of halogens is 1. The Hall–Kier alpha value is -1.83. The van der Waals surface area contributed by atoms with Gasteiger partial charge in [-0.05, 0) is 110 Å². The highest BCUT2D eigenvalue weighted by molar-refractivity contribution is 14.1. The predicted octanol–water partition coefficient (Wildman–Crippen LogP) is 5.37. The van der Waals surface area contributed by atoms with Gasteiger partial charge in [-0.2, -0.15) is 5.26 Å². The van der Waals surface area contributed by atoms with Gasteiger partial charge in [-0.25, -0.2) is 0 Å². The van der Waals surface area contributed by atoms with Crippen LogP contribution in [0.5, 0.6) is 5.75 Å². The minimum Gasteiger partial charge on any atom is -0.494 e. The van der Waals surface area contributed by atoms with E-state index in [1.54, 1.807) is 28.8 Å². The number of thioether (sulfide) groups is 1. The topological polar surface area (TPSA) is 56.6 Å². The van der Waals surface area contributed by atoms with E-state index in [0.717, 1.165) is 27.0 Å². The van der Waals surface area contributed by atoms with E-state index in [0.29, 0.717) is 23.8 Å². The first-order chi connectivity index (χ1) is 14.7. The van der Waals surface area contributed by atoms with Crippen molar-refractivity contribution in [1.82, 2.24) is 4.90 Å². The third-order valence-electron chi connectivity index (χ3n) is 5.40. The van der Waals surface area contributed by atoms with Crippen LogP contribution in [-0.4, -0.2) is 40.9 Å². The summed E-state index contributed by atoms with van der Waals surface area (Å²) < 4.78 is 6.70. The van der Waals surface area contributed by atoms with Gasteiger partial charge in [-0.3, -0.25) is 9.69 Å². The Morgan fingerprint density at radius 2 is 1.90 bits per heavy atom. The van der Waals surface area contributed by atoms with Crippen LogP contribution in [0.25, 0.3) is 0 Å². The van der Waals surface area contributed by atoms with Gasteiger partial charge in [0.1, 0.15) is 17.4 Å². The molecular formula is C23H24IN3O2S2. The second-order valence-corrected chi connectivity index (χ2v) is 10.0. The third kappa shape index (κ3) is 4.69. The van der Waals surface area contributed by atoms with E-state index in [1.165, 1.54) is 4.90 Å². The summed E-state index contributed by atoms with van der Waals surface area (Å²) in [5, 5.41) is 9.76. The van der Waals surface area contributed by atoms with Crippen molar-refractivity contribution in [3.8, 4) is 11.8 Å². The van der Waals surface area contributed by atoms with Gasteiger partial charge >= 0.3 is 0 Å². The molecule has 5 nitrogen and oxygen atoms in total. The fourth-order valence-corrected chi connectivity index (χ4v) is 5.00. The molecule has 31 heavy (non-hydrogen) atoms. The van der Waals surface area contributed by atoms with Crippen molar-refractivity contribution in [2.75, 3.05) is 24.3 Å². The number of hydrogen-bond acceptors (Lipinski definition) is 5. The van der Waals surface area contributed by atoms with Crippen LogP contribution in [-0.2, 0) is 4.79 Å². The van der Waals surface area contributed by atoms with Gasteiger partial charge in [0, 0.05) is 15.0 Å². The number of nitriles is 1. The van der Waals surface area contributed by atoms with Gasteiger partial charge in [0.05, 0.1) is 17.9 Å². The Labute approximate surface area is 206 Å². The molecule has 0 radical (unpaired) electrons. The monoisotopic (exact) mass is 565 g/mol. The molecule has 2 aromatic carbocycles. The Kier molecular flexibility index (Phi) is 7.50. The van der Waals surface area contributed by atoms with E-state index in [4.69, 9.17) is 17.0 Å². The lowest BCUT2D eigenvalue weighted by molar-refractivity contribution is -0.123. The maximum absolute atomic E-state index is 13.3. The van der Waals surface area contributed by atoms with E-state index in [-0.39, 0.29) is 5.91 Å². The zero-order valence-electron chi connectivity index (χ0n) is 17.9. The first-order valence-electron chi connectivity index (χ1n) is 9.84. The van der Waals surface area contributed by atoms with Gasteiger partial charge in [0.15, 0.2) is 5.11 Å². The number of anilines is 1. The number of hydrogen-bond donors (Lipinski definition) is 0. The average molecular weight is 566 g/mol. The average Bonchev–Trinajstić information content (AvgIpc) is 2.92. The summed E-state index contributed by atoms with van der Waals surface area (Å²) in [5.74, 6) is 0.774. The summed E-state index contributed by atoms with van der Waals surface area (Å²) in [6.45, 7) is 6.86. The standard InChI is InChI=1S/C23H24IN3O2S2/c1-15-19(11-6-16(14-25)20(15)24)27-21(28)23(2,3)26(22(27)30)12-5-13-29-17-7-9-18(31-4)10-8-17/h6-11H,5,12-13H2,1-4H3. The van der Waals surface area contributed by atoms with E-state index < -0.39 is 5.54 Å². The van der Waals surface area contributed by atoms with Crippen molar-refractivity contribution in [2.24, 2.45) is 0 Å². The molecule has 0 spiro atoms. The second kappa shape index (κ2) is 9.76. The summed E-state index contributed by atoms with van der Waals surface area (Å²) in [5.41, 5.74) is 1.46. The molecule has 1 amide bonds. The lowest BCUT2D eigenvalue weighted by Crippen LogP contribution is -2.44. The molecule has 0 unspecified atom stereocenters. The highest BCUT2D eigenvalue weighted by atomic mass is 127. The molecule has 1 fully saturated rings. The maximum Gasteiger partial charge on any atom is 0.258 e. The molecule has 0 aromatic heterocycles. The molecule has 0 aliphatic carbocycles. The molecule has 162 valence electrons. The summed E-state index contributed by atoms with van der Waals surface area (Å²) in [6, 6.07) is 13.7. The number of thiocarbonyl (C=S) groups is 1. The summed E-state index contributed by atoms with van der Waals surface area (Å²) >= 11 is 9.57. The number of ether oxygens (including phenoxy) is 1. The number of carbonyl (C=O) groups is 1. The first kappa shape index (κ1) is 23.8. The summed E-state index contributed by atoms with van der Waals surface area (Å²) in [4.78, 5) is 18.0. The second-order valence-electron chi connectivity index (χ2n) is 7.69. The van der Waals surface area contributed by atoms with Crippen LogP contribution in [0.1, 0.15) is 31.4 Å². The molecule has 8 heteroatoms. The molecule has 0 bridgehead atoms. The lowest BCUT2D eigenvalue weighted by atomic mass is 10.0. The van der Waals surface area contributed by atoms with Crippen molar-refractivity contribution in [1.29, 1.82) is 5.26 Å². The zero-order valence-corrected chi connectivity index (χ0v) is 21.7. The largest absolute Gasteiger partial charge is 0.494 e. The van der Waals surface area contributed by atoms with Crippen LogP contribution in [0, 0.1) is 21.8 Å². The van der Waals surface area contributed by atoms with Gasteiger partial charge in [0.25, 0.3) is 5.91 Å². The normalized spacial score (nSPS) is 15.4. The number of benzene rings is 2. The van der Waals surface area contributed by atoms with Gasteiger partial charge in [0.2, 0.25) is 0 Å². The Bertz CT molecular complexity index is 1050. The predicted molar refractivity (Wildman–Crippen MR) is 138 cm³/mol. The van der Waals surface area contributed by atoms with E-state index in [9.17, 15) is 10.1 Å². The highest BCUT2D eigenvalue weighted by Crippen LogP contribution is 2.36. The number of nitrogens with zero attached hydrogens (tertiary/aromatic N) is 3. The summed E-state index contributed by atoms with van der Waals surface area (Å²) in [7, 11) is 0. The molecule has 3 rings (SSSR count). The molecule has 0 saturated carbocycles. The van der Waals surface area contributed by atoms with Gasteiger partial charge in [-0.15, -0.1) is 11.8 Å². The number of amides is 1. The van der Waals surface area contributed by atoms with Crippen LogP contribution in [0.4, 0.5) is 5.69 Å². The fourth-order valence-electron chi connectivity index (χ4n) is 3.51. The van der Waals surface area contributed by atoms with E-state index in [2.05, 4.69) is 28.7 Å². The Morgan fingerprint density at radius 3 is 2.52 bits per heavy atom. The summed E-state index contributed by atoms with van der Waals surface area (Å²) in [6.07, 6.45) is 2.78. The molecule has 1 heterocycles. The Balaban J connectivity index is 1.71. The molecule has 0 atom stereocenters. The minimum absolute atomic E-state index is 0.0605. The van der Waals surface area contributed by atoms with Crippen molar-refractivity contribution >= 4 is 63.3 Å². The highest BCUT2D eigenvalue weighted by Gasteiger charge is 2.49. The van der Waals surface area contributed by atoms with Crippen LogP contribution < -0.4 is 9.64 Å². The van der Waals surface area contributed by atoms with Crippen molar-refractivity contribution in [3.63, 3.8) is 0 Å². The van der Waals surface area contributed by atoms with E-state index >= 15 is 0 Å². The van der Waals surface area contributed by atoms with Crippen molar-refractivity contribution in [3.05, 3.63) is 51.1 Å². The van der Waals surface area contributed by atoms with E-state index in [1.807, 2.05) is 56.2 Å². The maximum atomic E-state index is 13.3. The zero-order chi connectivity index (χ0) is 22.8.